The zero-order valence-electron chi connectivity index (χ0n) is 13.3. The summed E-state index contributed by atoms with van der Waals surface area (Å²) in [5.74, 6) is 0.991. The Morgan fingerprint density at radius 2 is 2.29 bits per heavy atom. The highest BCUT2D eigenvalue weighted by Gasteiger charge is 2.20. The number of aromatic nitrogens is 1. The lowest BCUT2D eigenvalue weighted by atomic mass is 10.0. The van der Waals surface area contributed by atoms with Gasteiger partial charge in [-0.1, -0.05) is 12.5 Å². The minimum Gasteiger partial charge on any atom is -0.383 e. The topological polar surface area (TPSA) is 54.6 Å². The smallest absolute Gasteiger partial charge is 0.128 e. The second-order valence-electron chi connectivity index (χ2n) is 5.79. The predicted molar refractivity (Wildman–Crippen MR) is 86.5 cm³/mol. The molecular formula is C16H28N4O. The SMILES string of the molecule is COCCN(C)c1ccc(CN2CCCCC2CN)cn1. The molecule has 2 rings (SSSR count). The lowest BCUT2D eigenvalue weighted by Crippen LogP contribution is -2.43. The molecule has 0 bridgehead atoms. The van der Waals surface area contributed by atoms with E-state index in [-0.39, 0.29) is 0 Å². The van der Waals surface area contributed by atoms with Crippen LogP contribution in [0.5, 0.6) is 0 Å². The van der Waals surface area contributed by atoms with Gasteiger partial charge < -0.3 is 15.4 Å². The molecule has 1 fully saturated rings. The zero-order chi connectivity index (χ0) is 15.1. The molecule has 0 aliphatic carbocycles. The Labute approximate surface area is 128 Å². The molecular weight excluding hydrogens is 264 g/mol. The summed E-state index contributed by atoms with van der Waals surface area (Å²) >= 11 is 0. The number of hydrogen-bond acceptors (Lipinski definition) is 5. The van der Waals surface area contributed by atoms with Crippen molar-refractivity contribution < 1.29 is 4.74 Å². The first-order chi connectivity index (χ1) is 10.2. The summed E-state index contributed by atoms with van der Waals surface area (Å²) in [6, 6.07) is 4.79. The van der Waals surface area contributed by atoms with Gasteiger partial charge in [-0.05, 0) is 31.0 Å². The fraction of sp³-hybridized carbons (Fsp3) is 0.688. The number of anilines is 1. The number of nitrogens with two attached hydrogens (primary N) is 1. The summed E-state index contributed by atoms with van der Waals surface area (Å²) in [5, 5.41) is 0. The highest BCUT2D eigenvalue weighted by molar-refractivity contribution is 5.38. The average molecular weight is 292 g/mol. The maximum absolute atomic E-state index is 5.88. The molecule has 1 unspecified atom stereocenters. The molecule has 1 aliphatic rings. The third kappa shape index (κ3) is 4.66. The number of pyridine rings is 1. The number of rotatable bonds is 7. The van der Waals surface area contributed by atoms with Gasteiger partial charge in [0, 0.05) is 46.0 Å². The molecule has 1 aliphatic heterocycles. The van der Waals surface area contributed by atoms with Gasteiger partial charge in [-0.3, -0.25) is 4.90 Å². The number of nitrogens with zero attached hydrogens (tertiary/aromatic N) is 3. The molecule has 5 heteroatoms. The normalized spacial score (nSPS) is 19.7. The predicted octanol–water partition coefficient (Wildman–Crippen LogP) is 1.48. The number of likely N-dealkylation sites (tertiary alicyclic amines) is 1. The van der Waals surface area contributed by atoms with Gasteiger partial charge in [0.1, 0.15) is 5.82 Å². The number of piperidine rings is 1. The van der Waals surface area contributed by atoms with Crippen LogP contribution in [0.2, 0.25) is 0 Å². The van der Waals surface area contributed by atoms with Crippen molar-refractivity contribution in [2.24, 2.45) is 5.73 Å². The van der Waals surface area contributed by atoms with Crippen molar-refractivity contribution in [3.8, 4) is 0 Å². The molecule has 21 heavy (non-hydrogen) atoms. The third-order valence-electron chi connectivity index (χ3n) is 4.24. The van der Waals surface area contributed by atoms with E-state index in [1.54, 1.807) is 7.11 Å². The summed E-state index contributed by atoms with van der Waals surface area (Å²) in [6.45, 7) is 4.43. The van der Waals surface area contributed by atoms with Crippen LogP contribution in [-0.2, 0) is 11.3 Å². The van der Waals surface area contributed by atoms with Crippen molar-refractivity contribution in [3.63, 3.8) is 0 Å². The fourth-order valence-corrected chi connectivity index (χ4v) is 2.85. The quantitative estimate of drug-likeness (QED) is 0.825. The van der Waals surface area contributed by atoms with E-state index in [2.05, 4.69) is 26.9 Å². The third-order valence-corrected chi connectivity index (χ3v) is 4.24. The van der Waals surface area contributed by atoms with Crippen LogP contribution in [0.3, 0.4) is 0 Å². The standard InChI is InChI=1S/C16H28N4O/c1-19(9-10-21-2)16-7-6-14(12-18-16)13-20-8-4-3-5-15(20)11-17/h6-7,12,15H,3-5,8-11,13,17H2,1-2H3. The first-order valence-corrected chi connectivity index (χ1v) is 7.83. The van der Waals surface area contributed by atoms with E-state index in [0.717, 1.165) is 32.0 Å². The number of ether oxygens (including phenoxy) is 1. The second-order valence-corrected chi connectivity index (χ2v) is 5.79. The molecule has 0 aromatic carbocycles. The van der Waals surface area contributed by atoms with Crippen molar-refractivity contribution in [1.82, 2.24) is 9.88 Å². The van der Waals surface area contributed by atoms with E-state index >= 15 is 0 Å². The van der Waals surface area contributed by atoms with Gasteiger partial charge in [-0.25, -0.2) is 4.98 Å². The Morgan fingerprint density at radius 3 is 2.95 bits per heavy atom. The summed E-state index contributed by atoms with van der Waals surface area (Å²) in [4.78, 5) is 9.16. The molecule has 2 N–H and O–H groups in total. The number of hydrogen-bond donors (Lipinski definition) is 1. The number of methoxy groups -OCH3 is 1. The number of likely N-dealkylation sites (N-methyl/N-ethyl adjacent to an activating group) is 1. The van der Waals surface area contributed by atoms with Gasteiger partial charge in [0.25, 0.3) is 0 Å². The summed E-state index contributed by atoms with van der Waals surface area (Å²) in [7, 11) is 3.76. The molecule has 1 aromatic heterocycles. The minimum atomic E-state index is 0.530. The Kier molecular flexibility index (Phi) is 6.42. The second kappa shape index (κ2) is 8.32. The Hall–Kier alpha value is -1.17. The Bertz CT molecular complexity index is 409. The van der Waals surface area contributed by atoms with E-state index in [4.69, 9.17) is 10.5 Å². The van der Waals surface area contributed by atoms with Gasteiger partial charge in [0.05, 0.1) is 6.61 Å². The molecule has 1 atom stereocenters. The highest BCUT2D eigenvalue weighted by atomic mass is 16.5. The maximum atomic E-state index is 5.88. The zero-order valence-corrected chi connectivity index (χ0v) is 13.3. The molecule has 0 amide bonds. The van der Waals surface area contributed by atoms with Crippen LogP contribution in [0.15, 0.2) is 18.3 Å². The maximum Gasteiger partial charge on any atom is 0.128 e. The molecule has 118 valence electrons. The van der Waals surface area contributed by atoms with E-state index in [1.807, 2.05) is 13.2 Å². The van der Waals surface area contributed by atoms with Crippen molar-refractivity contribution in [2.75, 3.05) is 45.3 Å². The first-order valence-electron chi connectivity index (χ1n) is 7.83. The molecule has 5 nitrogen and oxygen atoms in total. The summed E-state index contributed by atoms with van der Waals surface area (Å²) in [5.41, 5.74) is 7.15. The molecule has 1 saturated heterocycles. The van der Waals surface area contributed by atoms with Gasteiger partial charge in [-0.2, -0.15) is 0 Å². The first kappa shape index (κ1) is 16.2. The lowest BCUT2D eigenvalue weighted by Gasteiger charge is -2.35. The van der Waals surface area contributed by atoms with Crippen LogP contribution in [0.25, 0.3) is 0 Å². The van der Waals surface area contributed by atoms with E-state index in [0.29, 0.717) is 12.6 Å². The van der Waals surface area contributed by atoms with E-state index in [9.17, 15) is 0 Å². The van der Waals surface area contributed by atoms with Crippen LogP contribution in [-0.4, -0.2) is 56.3 Å². The Balaban J connectivity index is 1.92. The summed E-state index contributed by atoms with van der Waals surface area (Å²) < 4.78 is 5.09. The van der Waals surface area contributed by atoms with Gasteiger partial charge in [0.2, 0.25) is 0 Å². The van der Waals surface area contributed by atoms with Crippen molar-refractivity contribution in [1.29, 1.82) is 0 Å². The molecule has 0 saturated carbocycles. The van der Waals surface area contributed by atoms with Crippen LogP contribution in [0, 0.1) is 0 Å². The highest BCUT2D eigenvalue weighted by Crippen LogP contribution is 2.19. The fourth-order valence-electron chi connectivity index (χ4n) is 2.85. The minimum absolute atomic E-state index is 0.530. The van der Waals surface area contributed by atoms with E-state index in [1.165, 1.54) is 24.8 Å². The lowest BCUT2D eigenvalue weighted by molar-refractivity contribution is 0.145. The Morgan fingerprint density at radius 1 is 1.43 bits per heavy atom. The molecule has 2 heterocycles. The molecule has 0 radical (unpaired) electrons. The van der Waals surface area contributed by atoms with Gasteiger partial charge >= 0.3 is 0 Å². The van der Waals surface area contributed by atoms with Crippen molar-refractivity contribution in [2.45, 2.75) is 31.8 Å². The van der Waals surface area contributed by atoms with E-state index < -0.39 is 0 Å². The monoisotopic (exact) mass is 292 g/mol. The van der Waals surface area contributed by atoms with Crippen LogP contribution < -0.4 is 10.6 Å². The molecule has 0 spiro atoms. The van der Waals surface area contributed by atoms with Crippen LogP contribution >= 0.6 is 0 Å². The van der Waals surface area contributed by atoms with Crippen molar-refractivity contribution >= 4 is 5.82 Å². The van der Waals surface area contributed by atoms with Crippen LogP contribution in [0.1, 0.15) is 24.8 Å². The average Bonchev–Trinajstić information content (AvgIpc) is 2.54. The van der Waals surface area contributed by atoms with Gasteiger partial charge in [-0.15, -0.1) is 0 Å². The van der Waals surface area contributed by atoms with Gasteiger partial charge in [0.15, 0.2) is 0 Å². The largest absolute Gasteiger partial charge is 0.383 e. The van der Waals surface area contributed by atoms with Crippen molar-refractivity contribution in [3.05, 3.63) is 23.9 Å². The van der Waals surface area contributed by atoms with Crippen LogP contribution in [0.4, 0.5) is 5.82 Å². The molecule has 1 aromatic rings. The summed E-state index contributed by atoms with van der Waals surface area (Å²) in [6.07, 6.45) is 5.80.